The lowest BCUT2D eigenvalue weighted by Gasteiger charge is -2.05. The van der Waals surface area contributed by atoms with E-state index < -0.39 is 4.92 Å². The molecule has 0 N–H and O–H groups in total. The van der Waals surface area contributed by atoms with Gasteiger partial charge in [0.15, 0.2) is 0 Å². The van der Waals surface area contributed by atoms with Crippen LogP contribution in [-0.2, 0) is 0 Å². The average Bonchev–Trinajstić information content (AvgIpc) is 2.26. The third-order valence-electron chi connectivity index (χ3n) is 1.71. The molecule has 0 aliphatic rings. The van der Waals surface area contributed by atoms with Crippen molar-refractivity contribution < 1.29 is 4.92 Å². The second-order valence-corrected chi connectivity index (χ2v) is 4.53. The first-order valence-corrected chi connectivity index (χ1v) is 5.94. The zero-order valence-corrected chi connectivity index (χ0v) is 9.79. The zero-order valence-electron chi connectivity index (χ0n) is 8.22. The van der Waals surface area contributed by atoms with Crippen LogP contribution in [0.4, 0.5) is 5.69 Å². The van der Waals surface area contributed by atoms with Gasteiger partial charge in [-0.05, 0) is 12.0 Å². The average molecular weight is 247 g/mol. The summed E-state index contributed by atoms with van der Waals surface area (Å²) in [6, 6.07) is 3.12. The zero-order chi connectivity index (χ0) is 11.3. The highest BCUT2D eigenvalue weighted by Gasteiger charge is 2.06. The summed E-state index contributed by atoms with van der Waals surface area (Å²) in [5, 5.41) is 11.2. The topological polar surface area (TPSA) is 56.0 Å². The van der Waals surface area contributed by atoms with Crippen LogP contribution in [0.3, 0.4) is 0 Å². The van der Waals surface area contributed by atoms with Gasteiger partial charge in [0.2, 0.25) is 0 Å². The normalized spacial score (nSPS) is 12.4. The Labute approximate surface area is 97.2 Å². The van der Waals surface area contributed by atoms with Gasteiger partial charge in [-0.3, -0.25) is 10.1 Å². The summed E-state index contributed by atoms with van der Waals surface area (Å²) in [5.41, 5.74) is 0.0183. The molecule has 4 nitrogen and oxygen atoms in total. The third kappa shape index (κ3) is 4.05. The van der Waals surface area contributed by atoms with Gasteiger partial charge in [-0.1, -0.05) is 6.92 Å². The molecule has 0 saturated heterocycles. The number of rotatable bonds is 5. The molecule has 1 aromatic rings. The summed E-state index contributed by atoms with van der Waals surface area (Å²) in [6.45, 7) is 2.05. The number of nitrogens with zero attached hydrogens (tertiary/aromatic N) is 2. The Hall–Kier alpha value is -0.810. The van der Waals surface area contributed by atoms with Crippen LogP contribution >= 0.6 is 23.4 Å². The standard InChI is InChI=1S/C9H11ClN2O2S/c1-7(4-10)6-15-9-3-2-8(5-11-9)12(13)14/h2-3,5,7H,4,6H2,1H3. The number of pyridine rings is 1. The molecule has 0 radical (unpaired) electrons. The Kier molecular flexibility index (Phi) is 4.84. The van der Waals surface area contributed by atoms with Crippen molar-refractivity contribution in [3.63, 3.8) is 0 Å². The lowest BCUT2D eigenvalue weighted by molar-refractivity contribution is -0.385. The van der Waals surface area contributed by atoms with Crippen molar-refractivity contribution in [2.24, 2.45) is 5.92 Å². The largest absolute Gasteiger partial charge is 0.287 e. The van der Waals surface area contributed by atoms with Crippen molar-refractivity contribution >= 4 is 29.1 Å². The fourth-order valence-electron chi connectivity index (χ4n) is 0.838. The van der Waals surface area contributed by atoms with Crippen molar-refractivity contribution in [2.75, 3.05) is 11.6 Å². The first kappa shape index (κ1) is 12.3. The van der Waals surface area contributed by atoms with Crippen molar-refractivity contribution in [1.82, 2.24) is 4.98 Å². The lowest BCUT2D eigenvalue weighted by atomic mass is 10.3. The number of hydrogen-bond donors (Lipinski definition) is 0. The van der Waals surface area contributed by atoms with E-state index in [1.807, 2.05) is 6.92 Å². The molecular weight excluding hydrogens is 236 g/mol. The smallest absolute Gasteiger partial charge is 0.258 e. The van der Waals surface area contributed by atoms with E-state index in [9.17, 15) is 10.1 Å². The van der Waals surface area contributed by atoms with E-state index in [1.165, 1.54) is 12.3 Å². The Balaban J connectivity index is 2.53. The molecule has 0 aromatic carbocycles. The molecule has 0 saturated carbocycles. The Morgan fingerprint density at radius 1 is 1.67 bits per heavy atom. The van der Waals surface area contributed by atoms with Crippen LogP contribution in [0.1, 0.15) is 6.92 Å². The predicted octanol–water partition coefficient (Wildman–Crippen LogP) is 2.96. The van der Waals surface area contributed by atoms with E-state index in [1.54, 1.807) is 17.8 Å². The van der Waals surface area contributed by atoms with E-state index in [0.29, 0.717) is 11.8 Å². The van der Waals surface area contributed by atoms with Crippen molar-refractivity contribution in [3.8, 4) is 0 Å². The predicted molar refractivity (Wildman–Crippen MR) is 61.5 cm³/mol. The number of nitro groups is 1. The van der Waals surface area contributed by atoms with E-state index in [4.69, 9.17) is 11.6 Å². The second-order valence-electron chi connectivity index (χ2n) is 3.18. The molecule has 0 bridgehead atoms. The molecule has 1 aromatic heterocycles. The minimum absolute atomic E-state index is 0.0183. The highest BCUT2D eigenvalue weighted by molar-refractivity contribution is 7.99. The Bertz CT molecular complexity index is 331. The molecule has 0 amide bonds. The van der Waals surface area contributed by atoms with Gasteiger partial charge in [-0.2, -0.15) is 0 Å². The van der Waals surface area contributed by atoms with Crippen LogP contribution < -0.4 is 0 Å². The highest BCUT2D eigenvalue weighted by Crippen LogP contribution is 2.20. The van der Waals surface area contributed by atoms with Crippen molar-refractivity contribution in [1.29, 1.82) is 0 Å². The fourth-order valence-corrected chi connectivity index (χ4v) is 1.94. The minimum atomic E-state index is -0.456. The van der Waals surface area contributed by atoms with E-state index in [2.05, 4.69) is 4.98 Å². The Morgan fingerprint density at radius 2 is 2.40 bits per heavy atom. The van der Waals surface area contributed by atoms with Crippen LogP contribution in [0.2, 0.25) is 0 Å². The molecule has 15 heavy (non-hydrogen) atoms. The number of thioether (sulfide) groups is 1. The first-order valence-electron chi connectivity index (χ1n) is 4.42. The minimum Gasteiger partial charge on any atom is -0.258 e. The van der Waals surface area contributed by atoms with Crippen molar-refractivity contribution in [3.05, 3.63) is 28.4 Å². The molecule has 1 unspecified atom stereocenters. The first-order chi connectivity index (χ1) is 7.13. The van der Waals surface area contributed by atoms with Gasteiger partial charge < -0.3 is 0 Å². The second kappa shape index (κ2) is 5.92. The van der Waals surface area contributed by atoms with E-state index >= 15 is 0 Å². The molecule has 1 atom stereocenters. The van der Waals surface area contributed by atoms with Crippen LogP contribution in [0.25, 0.3) is 0 Å². The molecular formula is C9H11ClN2O2S. The third-order valence-corrected chi connectivity index (χ3v) is 3.51. The maximum atomic E-state index is 10.4. The van der Waals surface area contributed by atoms with Gasteiger partial charge in [0.05, 0.1) is 9.95 Å². The van der Waals surface area contributed by atoms with Crippen LogP contribution in [-0.4, -0.2) is 21.5 Å². The SMILES string of the molecule is CC(CCl)CSc1ccc([N+](=O)[O-])cn1. The molecule has 0 spiro atoms. The van der Waals surface area contributed by atoms with Gasteiger partial charge in [-0.25, -0.2) is 4.98 Å². The van der Waals surface area contributed by atoms with Gasteiger partial charge >= 0.3 is 0 Å². The summed E-state index contributed by atoms with van der Waals surface area (Å²) >= 11 is 7.22. The van der Waals surface area contributed by atoms with Gasteiger partial charge in [-0.15, -0.1) is 23.4 Å². The maximum Gasteiger partial charge on any atom is 0.287 e. The number of halogens is 1. The summed E-state index contributed by atoms with van der Waals surface area (Å²) in [4.78, 5) is 13.9. The molecule has 6 heteroatoms. The van der Waals surface area contributed by atoms with Crippen LogP contribution in [0.15, 0.2) is 23.4 Å². The number of hydrogen-bond acceptors (Lipinski definition) is 4. The van der Waals surface area contributed by atoms with Gasteiger partial charge in [0.1, 0.15) is 6.20 Å². The quantitative estimate of drug-likeness (QED) is 0.347. The molecule has 0 aliphatic heterocycles. The number of alkyl halides is 1. The van der Waals surface area contributed by atoms with E-state index in [0.717, 1.165) is 10.8 Å². The molecule has 82 valence electrons. The summed E-state index contributed by atoms with van der Waals surface area (Å²) in [5.74, 6) is 1.89. The highest BCUT2D eigenvalue weighted by atomic mass is 35.5. The molecule has 1 rings (SSSR count). The van der Waals surface area contributed by atoms with Crippen molar-refractivity contribution in [2.45, 2.75) is 11.9 Å². The maximum absolute atomic E-state index is 10.4. The van der Waals surface area contributed by atoms with Gasteiger partial charge in [0.25, 0.3) is 5.69 Å². The molecule has 1 heterocycles. The summed E-state index contributed by atoms with van der Waals surface area (Å²) < 4.78 is 0. The monoisotopic (exact) mass is 246 g/mol. The summed E-state index contributed by atoms with van der Waals surface area (Å²) in [7, 11) is 0. The molecule has 0 aliphatic carbocycles. The van der Waals surface area contributed by atoms with Crippen LogP contribution in [0.5, 0.6) is 0 Å². The summed E-state index contributed by atoms with van der Waals surface area (Å²) in [6.07, 6.45) is 1.27. The lowest BCUT2D eigenvalue weighted by Crippen LogP contribution is -1.99. The van der Waals surface area contributed by atoms with E-state index in [-0.39, 0.29) is 5.69 Å². The van der Waals surface area contributed by atoms with Gasteiger partial charge in [0, 0.05) is 17.7 Å². The Morgan fingerprint density at radius 3 is 2.87 bits per heavy atom. The van der Waals surface area contributed by atoms with Crippen LogP contribution in [0, 0.1) is 16.0 Å². The number of aromatic nitrogens is 1. The molecule has 0 fully saturated rings. The fraction of sp³-hybridized carbons (Fsp3) is 0.444.